The third-order valence-electron chi connectivity index (χ3n) is 2.79. The molecule has 0 atom stereocenters. The zero-order chi connectivity index (χ0) is 18.0. The molecule has 0 aliphatic rings. The van der Waals surface area contributed by atoms with Gasteiger partial charge in [-0.1, -0.05) is 10.9 Å². The SMILES string of the molecule is CC(C)([N+](=O)[O-])[N+](=O)Nc1nonc1N[N+](=O)C(C)(C)[N+](=O)[O-]. The summed E-state index contributed by atoms with van der Waals surface area (Å²) in [7, 11) is 0. The van der Waals surface area contributed by atoms with Crippen molar-refractivity contribution in [3.8, 4) is 0 Å². The Morgan fingerprint density at radius 1 is 0.826 bits per heavy atom. The van der Waals surface area contributed by atoms with Crippen LogP contribution in [-0.2, 0) is 0 Å². The van der Waals surface area contributed by atoms with Gasteiger partial charge in [-0.15, -0.1) is 0 Å². The number of nitroso groups, excluding NO2 is 2. The van der Waals surface area contributed by atoms with Gasteiger partial charge in [0.25, 0.3) is 11.6 Å². The Balaban J connectivity index is 2.94. The largest absolute Gasteiger partial charge is 0.472 e. The fraction of sp³-hybridized carbons (Fsp3) is 0.750. The monoisotopic (exact) mass is 334 g/mol. The van der Waals surface area contributed by atoms with E-state index in [2.05, 4.69) is 14.9 Å². The van der Waals surface area contributed by atoms with E-state index in [1.807, 2.05) is 10.9 Å². The molecule has 0 spiro atoms. The zero-order valence-electron chi connectivity index (χ0n) is 12.5. The number of hydrogen-bond acceptors (Lipinski definition) is 9. The Morgan fingerprint density at radius 2 is 1.13 bits per heavy atom. The molecule has 1 aromatic rings. The van der Waals surface area contributed by atoms with Crippen molar-refractivity contribution in [2.75, 3.05) is 10.9 Å². The maximum Gasteiger partial charge on any atom is 0.472 e. The number of aromatic nitrogens is 2. The highest BCUT2D eigenvalue weighted by Gasteiger charge is 2.52. The minimum Gasteiger partial charge on any atom is -0.258 e. The molecule has 15 heteroatoms. The fourth-order valence-electron chi connectivity index (χ4n) is 0.950. The van der Waals surface area contributed by atoms with Crippen molar-refractivity contribution >= 4 is 11.6 Å². The quantitative estimate of drug-likeness (QED) is 0.288. The van der Waals surface area contributed by atoms with Gasteiger partial charge in [-0.05, 0) is 10.3 Å². The molecular formula is C8H14N8O7+2. The second-order valence-corrected chi connectivity index (χ2v) is 5.28. The van der Waals surface area contributed by atoms with E-state index in [-0.39, 0.29) is 9.74 Å². The highest BCUT2D eigenvalue weighted by molar-refractivity contribution is 5.54. The van der Waals surface area contributed by atoms with Crippen LogP contribution in [0.2, 0.25) is 0 Å². The summed E-state index contributed by atoms with van der Waals surface area (Å²) in [4.78, 5) is 43.0. The average molecular weight is 334 g/mol. The van der Waals surface area contributed by atoms with Gasteiger partial charge < -0.3 is 0 Å². The lowest BCUT2D eigenvalue weighted by atomic mass is 10.3. The average Bonchev–Trinajstić information content (AvgIpc) is 2.85. The summed E-state index contributed by atoms with van der Waals surface area (Å²) in [6.45, 7) is 4.07. The van der Waals surface area contributed by atoms with Crippen LogP contribution in [0.15, 0.2) is 4.63 Å². The van der Waals surface area contributed by atoms with Gasteiger partial charge in [-0.2, -0.15) is 0 Å². The summed E-state index contributed by atoms with van der Waals surface area (Å²) in [6, 6.07) is 0. The lowest BCUT2D eigenvalue weighted by Crippen LogP contribution is -2.46. The predicted molar refractivity (Wildman–Crippen MR) is 70.9 cm³/mol. The van der Waals surface area contributed by atoms with Crippen LogP contribution < -0.4 is 10.9 Å². The zero-order valence-corrected chi connectivity index (χ0v) is 12.5. The number of hydrazine groups is 2. The fourth-order valence-corrected chi connectivity index (χ4v) is 0.950. The van der Waals surface area contributed by atoms with Crippen molar-refractivity contribution in [3.05, 3.63) is 30.0 Å². The minimum absolute atomic E-state index is 0.147. The number of nitrogens with one attached hydrogen (secondary N) is 2. The number of nitro groups is 2. The first kappa shape index (κ1) is 17.8. The second kappa shape index (κ2) is 5.85. The molecule has 0 amide bonds. The molecule has 0 saturated heterocycles. The third kappa shape index (κ3) is 3.50. The van der Waals surface area contributed by atoms with Crippen LogP contribution in [-0.4, -0.2) is 41.2 Å². The smallest absolute Gasteiger partial charge is 0.258 e. The molecule has 1 aromatic heterocycles. The van der Waals surface area contributed by atoms with Crippen LogP contribution in [0.3, 0.4) is 0 Å². The van der Waals surface area contributed by atoms with Crippen molar-refractivity contribution in [3.63, 3.8) is 0 Å². The molecule has 0 saturated carbocycles. The Morgan fingerprint density at radius 3 is 1.39 bits per heavy atom. The Bertz CT molecular complexity index is 611. The van der Waals surface area contributed by atoms with Gasteiger partial charge in [0.05, 0.1) is 47.4 Å². The molecule has 0 radical (unpaired) electrons. The van der Waals surface area contributed by atoms with Gasteiger partial charge in [-0.25, -0.2) is 4.63 Å². The first-order chi connectivity index (χ1) is 10.4. The Labute approximate surface area is 127 Å². The lowest BCUT2D eigenvalue weighted by Gasteiger charge is -2.07. The van der Waals surface area contributed by atoms with E-state index in [1.165, 1.54) is 0 Å². The molecule has 0 aliphatic heterocycles. The topological polar surface area (TPSA) is 189 Å². The molecular weight excluding hydrogens is 320 g/mol. The highest BCUT2D eigenvalue weighted by atomic mass is 16.6. The third-order valence-corrected chi connectivity index (χ3v) is 2.79. The normalized spacial score (nSPS) is 11.7. The molecule has 15 nitrogen and oxygen atoms in total. The maximum absolute atomic E-state index is 11.7. The molecule has 0 bridgehead atoms. The van der Waals surface area contributed by atoms with Crippen molar-refractivity contribution in [2.24, 2.45) is 0 Å². The van der Waals surface area contributed by atoms with Crippen molar-refractivity contribution < 1.29 is 24.2 Å². The molecule has 126 valence electrons. The Hall–Kier alpha value is -3.26. The molecule has 0 aliphatic carbocycles. The van der Waals surface area contributed by atoms with Crippen LogP contribution in [0.5, 0.6) is 0 Å². The first-order valence-corrected chi connectivity index (χ1v) is 6.00. The summed E-state index contributed by atoms with van der Waals surface area (Å²) in [5, 5.41) is 28.1. The van der Waals surface area contributed by atoms with Crippen LogP contribution in [0.1, 0.15) is 27.7 Å². The minimum atomic E-state index is -2.06. The van der Waals surface area contributed by atoms with E-state index in [0.717, 1.165) is 27.7 Å². The molecule has 0 unspecified atom stereocenters. The summed E-state index contributed by atoms with van der Waals surface area (Å²) in [5.41, 5.74) is -0.186. The molecule has 1 rings (SSSR count). The van der Waals surface area contributed by atoms with Gasteiger partial charge in [0, 0.05) is 0 Å². The van der Waals surface area contributed by atoms with E-state index < -0.39 is 32.8 Å². The molecule has 1 heterocycles. The summed E-state index contributed by atoms with van der Waals surface area (Å²) in [6.07, 6.45) is 0. The standard InChI is InChI=1S/C8H14N8O7/c1-7(2,15(19)20)13(17)9-5-6(12-23-11-5)10-14(18)8(3,4)16(21)22/h1-4H3,(H,9,11,17)(H,10,12,18)/q+2. The van der Waals surface area contributed by atoms with E-state index in [9.17, 15) is 30.0 Å². The van der Waals surface area contributed by atoms with E-state index in [4.69, 9.17) is 0 Å². The van der Waals surface area contributed by atoms with Crippen molar-refractivity contribution in [2.45, 2.75) is 39.0 Å². The summed E-state index contributed by atoms with van der Waals surface area (Å²) in [5.74, 6) is -0.926. The van der Waals surface area contributed by atoms with E-state index >= 15 is 0 Å². The van der Waals surface area contributed by atoms with Crippen molar-refractivity contribution in [1.82, 2.24) is 10.3 Å². The van der Waals surface area contributed by atoms with E-state index in [1.54, 1.807) is 0 Å². The van der Waals surface area contributed by atoms with Crippen LogP contribution in [0.4, 0.5) is 11.6 Å². The summed E-state index contributed by atoms with van der Waals surface area (Å²) >= 11 is 0. The Kier molecular flexibility index (Phi) is 4.53. The number of hydrogen-bond donors (Lipinski definition) is 2. The van der Waals surface area contributed by atoms with Gasteiger partial charge in [-0.3, -0.25) is 20.2 Å². The first-order valence-electron chi connectivity index (χ1n) is 6.00. The van der Waals surface area contributed by atoms with Crippen LogP contribution >= 0.6 is 0 Å². The molecule has 0 fully saturated rings. The molecule has 2 N–H and O–H groups in total. The predicted octanol–water partition coefficient (Wildman–Crippen LogP) is 0.307. The second-order valence-electron chi connectivity index (χ2n) is 5.28. The van der Waals surface area contributed by atoms with Crippen molar-refractivity contribution in [1.29, 1.82) is 0 Å². The van der Waals surface area contributed by atoms with Gasteiger partial charge in [0.1, 0.15) is 0 Å². The molecule has 0 aromatic carbocycles. The van der Waals surface area contributed by atoms with Gasteiger partial charge in [0.2, 0.25) is 0 Å². The van der Waals surface area contributed by atoms with Crippen LogP contribution in [0, 0.1) is 30.0 Å². The molecule has 23 heavy (non-hydrogen) atoms. The van der Waals surface area contributed by atoms with E-state index in [0.29, 0.717) is 0 Å². The van der Waals surface area contributed by atoms with Gasteiger partial charge >= 0.3 is 11.3 Å². The van der Waals surface area contributed by atoms with Gasteiger partial charge in [0.15, 0.2) is 9.74 Å². The highest BCUT2D eigenvalue weighted by Crippen LogP contribution is 2.20. The number of nitrogens with zero attached hydrogens (tertiary/aromatic N) is 6. The number of anilines is 2. The van der Waals surface area contributed by atoms with Crippen LogP contribution in [0.25, 0.3) is 0 Å². The number of rotatable bonds is 8. The maximum atomic E-state index is 11.7. The summed E-state index contributed by atoms with van der Waals surface area (Å²) < 4.78 is 4.30. The lowest BCUT2D eigenvalue weighted by molar-refractivity contribution is -0.803.